The number of anilines is 1. The van der Waals surface area contributed by atoms with Crippen molar-refractivity contribution in [2.24, 2.45) is 0 Å². The summed E-state index contributed by atoms with van der Waals surface area (Å²) in [6, 6.07) is 15.3. The molecule has 32 heavy (non-hydrogen) atoms. The lowest BCUT2D eigenvalue weighted by atomic mass is 10.2. The van der Waals surface area contributed by atoms with Gasteiger partial charge in [-0.25, -0.2) is 19.0 Å². The molecule has 7 nitrogen and oxygen atoms in total. The number of nitrogens with one attached hydrogen (secondary N) is 1. The number of rotatable bonds is 6. The van der Waals surface area contributed by atoms with Gasteiger partial charge in [0, 0.05) is 22.8 Å². The predicted molar refractivity (Wildman–Crippen MR) is 122 cm³/mol. The molecule has 0 saturated carbocycles. The van der Waals surface area contributed by atoms with E-state index in [1.54, 1.807) is 4.68 Å². The van der Waals surface area contributed by atoms with Crippen LogP contribution in [0.3, 0.4) is 0 Å². The minimum absolute atomic E-state index is 0.187. The average molecular weight is 449 g/mol. The van der Waals surface area contributed by atoms with Crippen LogP contribution in [-0.2, 0) is 5.75 Å². The average Bonchev–Trinajstić information content (AvgIpc) is 3.18. The van der Waals surface area contributed by atoms with Gasteiger partial charge >= 0.3 is 0 Å². The molecule has 0 radical (unpaired) electrons. The quantitative estimate of drug-likeness (QED) is 0.341. The third kappa shape index (κ3) is 5.00. The Balaban J connectivity index is 1.66. The fourth-order valence-electron chi connectivity index (χ4n) is 3.12. The first-order valence-corrected chi connectivity index (χ1v) is 10.9. The van der Waals surface area contributed by atoms with Crippen molar-refractivity contribution in [1.29, 1.82) is 0 Å². The minimum Gasteiger partial charge on any atom is -0.321 e. The summed E-state index contributed by atoms with van der Waals surface area (Å²) in [5.41, 5.74) is 4.92. The van der Waals surface area contributed by atoms with Crippen molar-refractivity contribution in [2.75, 3.05) is 5.32 Å². The Morgan fingerprint density at radius 3 is 2.31 bits per heavy atom. The number of carbonyl (C=O) groups excluding carboxylic acids is 1. The zero-order valence-corrected chi connectivity index (χ0v) is 18.7. The Morgan fingerprint density at radius 2 is 1.66 bits per heavy atom. The van der Waals surface area contributed by atoms with E-state index in [0.29, 0.717) is 22.3 Å². The molecule has 2 heterocycles. The molecule has 0 saturated heterocycles. The maximum Gasteiger partial charge on any atom is 0.278 e. The van der Waals surface area contributed by atoms with Crippen molar-refractivity contribution in [3.8, 4) is 5.69 Å². The molecule has 0 atom stereocenters. The lowest BCUT2D eigenvalue weighted by Crippen LogP contribution is -2.15. The SMILES string of the molecule is Cc1ccc(-n2nnc(C(=O)Nc3ccc(F)cc3)c2CSc2nc(C)cc(C)n2)cc1. The Labute approximate surface area is 189 Å². The number of nitrogens with zero attached hydrogens (tertiary/aromatic N) is 5. The van der Waals surface area contributed by atoms with Gasteiger partial charge in [-0.2, -0.15) is 0 Å². The monoisotopic (exact) mass is 448 g/mol. The summed E-state index contributed by atoms with van der Waals surface area (Å²) in [6.07, 6.45) is 0. The van der Waals surface area contributed by atoms with E-state index in [4.69, 9.17) is 0 Å². The Hall–Kier alpha value is -3.59. The largest absolute Gasteiger partial charge is 0.321 e. The van der Waals surface area contributed by atoms with Gasteiger partial charge in [-0.15, -0.1) is 5.10 Å². The molecule has 2 aromatic heterocycles. The number of hydrogen-bond acceptors (Lipinski definition) is 6. The van der Waals surface area contributed by atoms with E-state index in [2.05, 4.69) is 25.6 Å². The Bertz CT molecular complexity index is 1230. The summed E-state index contributed by atoms with van der Waals surface area (Å²) >= 11 is 1.41. The van der Waals surface area contributed by atoms with E-state index in [1.807, 2.05) is 51.1 Å². The fourth-order valence-corrected chi connectivity index (χ4v) is 4.06. The second-order valence-electron chi connectivity index (χ2n) is 7.32. The van der Waals surface area contributed by atoms with Gasteiger partial charge in [0.15, 0.2) is 10.9 Å². The van der Waals surface area contributed by atoms with Crippen molar-refractivity contribution in [3.05, 3.63) is 88.8 Å². The summed E-state index contributed by atoms with van der Waals surface area (Å²) in [5.74, 6) is -0.415. The van der Waals surface area contributed by atoms with Gasteiger partial charge in [-0.05, 0) is 63.2 Å². The summed E-state index contributed by atoms with van der Waals surface area (Å²) in [5, 5.41) is 11.7. The van der Waals surface area contributed by atoms with Gasteiger partial charge in [0.1, 0.15) is 5.82 Å². The summed E-state index contributed by atoms with van der Waals surface area (Å²) < 4.78 is 14.8. The molecule has 0 aliphatic rings. The smallest absolute Gasteiger partial charge is 0.278 e. The third-order valence-corrected chi connectivity index (χ3v) is 5.52. The first kappa shape index (κ1) is 21.6. The molecule has 1 N–H and O–H groups in total. The van der Waals surface area contributed by atoms with Crippen LogP contribution in [0.15, 0.2) is 59.8 Å². The summed E-state index contributed by atoms with van der Waals surface area (Å²) in [6.45, 7) is 5.83. The van der Waals surface area contributed by atoms with Crippen molar-refractivity contribution in [1.82, 2.24) is 25.0 Å². The van der Waals surface area contributed by atoms with Crippen LogP contribution in [0.25, 0.3) is 5.69 Å². The maximum absolute atomic E-state index is 13.2. The van der Waals surface area contributed by atoms with E-state index in [9.17, 15) is 9.18 Å². The highest BCUT2D eigenvalue weighted by Crippen LogP contribution is 2.24. The molecule has 0 spiro atoms. The van der Waals surface area contributed by atoms with Crippen LogP contribution in [-0.4, -0.2) is 30.9 Å². The van der Waals surface area contributed by atoms with Crippen LogP contribution in [0.4, 0.5) is 10.1 Å². The highest BCUT2D eigenvalue weighted by atomic mass is 32.2. The minimum atomic E-state index is -0.424. The zero-order valence-electron chi connectivity index (χ0n) is 17.8. The lowest BCUT2D eigenvalue weighted by molar-refractivity contribution is 0.102. The highest BCUT2D eigenvalue weighted by molar-refractivity contribution is 7.98. The van der Waals surface area contributed by atoms with E-state index >= 15 is 0 Å². The molecular weight excluding hydrogens is 427 g/mol. The van der Waals surface area contributed by atoms with Crippen molar-refractivity contribution in [2.45, 2.75) is 31.7 Å². The summed E-state index contributed by atoms with van der Waals surface area (Å²) in [7, 11) is 0. The lowest BCUT2D eigenvalue weighted by Gasteiger charge is -2.09. The van der Waals surface area contributed by atoms with Crippen LogP contribution in [0, 0.1) is 26.6 Å². The van der Waals surface area contributed by atoms with Crippen molar-refractivity contribution in [3.63, 3.8) is 0 Å². The van der Waals surface area contributed by atoms with E-state index in [0.717, 1.165) is 22.6 Å². The number of aromatic nitrogens is 5. The molecule has 0 unspecified atom stereocenters. The number of thioether (sulfide) groups is 1. The molecular formula is C23H21FN6OS. The van der Waals surface area contributed by atoms with Gasteiger partial charge in [0.05, 0.1) is 11.4 Å². The number of halogens is 1. The number of aryl methyl sites for hydroxylation is 3. The topological polar surface area (TPSA) is 85.6 Å². The predicted octanol–water partition coefficient (Wildman–Crippen LogP) is 4.67. The molecule has 0 aliphatic carbocycles. The molecule has 162 valence electrons. The molecule has 1 amide bonds. The van der Waals surface area contributed by atoms with Crippen molar-refractivity contribution < 1.29 is 9.18 Å². The molecule has 9 heteroatoms. The molecule has 2 aromatic carbocycles. The number of carbonyl (C=O) groups is 1. The second kappa shape index (κ2) is 9.27. The zero-order chi connectivity index (χ0) is 22.7. The third-order valence-electron chi connectivity index (χ3n) is 4.66. The van der Waals surface area contributed by atoms with Gasteiger partial charge in [0.25, 0.3) is 5.91 Å². The standard InChI is InChI=1S/C23H21FN6OS/c1-14-4-10-19(11-5-14)30-20(13-32-23-25-15(2)12-16(3)26-23)21(28-29-30)22(31)27-18-8-6-17(24)7-9-18/h4-12H,13H2,1-3H3,(H,27,31). The summed E-state index contributed by atoms with van der Waals surface area (Å²) in [4.78, 5) is 21.9. The highest BCUT2D eigenvalue weighted by Gasteiger charge is 2.21. The van der Waals surface area contributed by atoms with Crippen LogP contribution in [0.5, 0.6) is 0 Å². The van der Waals surface area contributed by atoms with Crippen molar-refractivity contribution >= 4 is 23.4 Å². The van der Waals surface area contributed by atoms with Crippen LogP contribution >= 0.6 is 11.8 Å². The van der Waals surface area contributed by atoms with Crippen LogP contribution < -0.4 is 5.32 Å². The van der Waals surface area contributed by atoms with Gasteiger partial charge in [-0.3, -0.25) is 4.79 Å². The van der Waals surface area contributed by atoms with E-state index < -0.39 is 5.91 Å². The van der Waals surface area contributed by atoms with Gasteiger partial charge in [-0.1, -0.05) is 34.7 Å². The number of hydrogen-bond donors (Lipinski definition) is 1. The molecule has 4 rings (SSSR count). The maximum atomic E-state index is 13.2. The molecule has 4 aromatic rings. The van der Waals surface area contributed by atoms with Crippen LogP contribution in [0.2, 0.25) is 0 Å². The first-order valence-electron chi connectivity index (χ1n) is 9.92. The van der Waals surface area contributed by atoms with Crippen LogP contribution in [0.1, 0.15) is 33.1 Å². The van der Waals surface area contributed by atoms with E-state index in [1.165, 1.54) is 36.0 Å². The van der Waals surface area contributed by atoms with E-state index in [-0.39, 0.29) is 11.5 Å². The Morgan fingerprint density at radius 1 is 1.00 bits per heavy atom. The number of benzene rings is 2. The molecule has 0 bridgehead atoms. The van der Waals surface area contributed by atoms with Gasteiger partial charge in [0.2, 0.25) is 0 Å². The van der Waals surface area contributed by atoms with Gasteiger partial charge < -0.3 is 5.32 Å². The fraction of sp³-hybridized carbons (Fsp3) is 0.174. The number of amides is 1. The molecule has 0 fully saturated rings. The first-order chi connectivity index (χ1) is 15.4. The molecule has 0 aliphatic heterocycles. The second-order valence-corrected chi connectivity index (χ2v) is 8.26. The normalized spacial score (nSPS) is 10.9. The Kier molecular flexibility index (Phi) is 6.27.